The molecule has 1 radical (unpaired) electrons. The zero-order valence-electron chi connectivity index (χ0n) is 4.68. The fourth-order valence-corrected chi connectivity index (χ4v) is 0.301. The largest absolute Gasteiger partial charge is 0.332 e. The molecule has 0 aliphatic carbocycles. The van der Waals surface area contributed by atoms with Crippen LogP contribution in [0.4, 0.5) is 0 Å². The van der Waals surface area contributed by atoms with Crippen LogP contribution in [0.15, 0.2) is 12.3 Å². The van der Waals surface area contributed by atoms with E-state index in [4.69, 9.17) is 0 Å². The van der Waals surface area contributed by atoms with Crippen molar-refractivity contribution in [2.24, 2.45) is 0 Å². The van der Waals surface area contributed by atoms with Crippen LogP contribution in [-0.2, 0) is 4.79 Å². The highest BCUT2D eigenvalue weighted by atomic mass is 32.1. The standard InChI is InChI=1S/C5H8NOS/c1-2-3-6-5(7)4-8/h2-3H,4H2,1H3,(H,6,7)/b3-2-. The Labute approximate surface area is 54.4 Å². The topological polar surface area (TPSA) is 29.1 Å². The van der Waals surface area contributed by atoms with Crippen molar-refractivity contribution in [3.05, 3.63) is 12.3 Å². The van der Waals surface area contributed by atoms with Crippen molar-refractivity contribution >= 4 is 18.5 Å². The Kier molecular flexibility index (Phi) is 4.45. The molecule has 0 saturated carbocycles. The maximum atomic E-state index is 10.3. The summed E-state index contributed by atoms with van der Waals surface area (Å²) in [6, 6.07) is 0. The van der Waals surface area contributed by atoms with Gasteiger partial charge in [-0.05, 0) is 13.1 Å². The van der Waals surface area contributed by atoms with E-state index in [-0.39, 0.29) is 11.7 Å². The van der Waals surface area contributed by atoms with Gasteiger partial charge in [-0.3, -0.25) is 4.79 Å². The van der Waals surface area contributed by atoms with Crippen LogP contribution in [0.2, 0.25) is 0 Å². The summed E-state index contributed by atoms with van der Waals surface area (Å²) >= 11 is 4.44. The molecule has 0 heterocycles. The minimum absolute atomic E-state index is 0.127. The third-order valence-corrected chi connectivity index (χ3v) is 0.804. The fourth-order valence-electron chi connectivity index (χ4n) is 0.218. The first-order valence-corrected chi connectivity index (χ1v) is 2.87. The van der Waals surface area contributed by atoms with Gasteiger partial charge in [0.2, 0.25) is 5.91 Å². The van der Waals surface area contributed by atoms with Crippen molar-refractivity contribution in [3.63, 3.8) is 0 Å². The van der Waals surface area contributed by atoms with Crippen molar-refractivity contribution < 1.29 is 4.79 Å². The van der Waals surface area contributed by atoms with Gasteiger partial charge >= 0.3 is 0 Å². The Morgan fingerprint density at radius 2 is 2.50 bits per heavy atom. The molecule has 0 spiro atoms. The first-order chi connectivity index (χ1) is 3.81. The number of nitrogens with one attached hydrogen (secondary N) is 1. The average Bonchev–Trinajstić information content (AvgIpc) is 1.83. The van der Waals surface area contributed by atoms with E-state index in [0.29, 0.717) is 0 Å². The van der Waals surface area contributed by atoms with Crippen molar-refractivity contribution in [2.75, 3.05) is 5.75 Å². The second-order valence-electron chi connectivity index (χ2n) is 1.21. The third-order valence-electron chi connectivity index (χ3n) is 0.542. The minimum atomic E-state index is -0.127. The van der Waals surface area contributed by atoms with Gasteiger partial charge in [-0.15, -0.1) is 0 Å². The van der Waals surface area contributed by atoms with Crippen molar-refractivity contribution in [3.8, 4) is 0 Å². The summed E-state index contributed by atoms with van der Waals surface area (Å²) in [5.74, 6) is 0.00255. The molecule has 0 atom stereocenters. The molecule has 0 saturated heterocycles. The Balaban J connectivity index is 3.25. The quantitative estimate of drug-likeness (QED) is 0.589. The predicted molar refractivity (Wildman–Crippen MR) is 35.4 cm³/mol. The number of hydrogen-bond donors (Lipinski definition) is 1. The molecule has 2 nitrogen and oxygen atoms in total. The molecular weight excluding hydrogens is 122 g/mol. The predicted octanol–water partition coefficient (Wildman–Crippen LogP) is 0.834. The molecule has 0 aromatic heterocycles. The second kappa shape index (κ2) is 4.71. The normalized spacial score (nSPS) is 9.75. The van der Waals surface area contributed by atoms with Gasteiger partial charge < -0.3 is 5.32 Å². The third kappa shape index (κ3) is 3.74. The van der Waals surface area contributed by atoms with E-state index in [1.54, 1.807) is 12.3 Å². The van der Waals surface area contributed by atoms with E-state index in [1.165, 1.54) is 0 Å². The van der Waals surface area contributed by atoms with Crippen molar-refractivity contribution in [2.45, 2.75) is 6.92 Å². The lowest BCUT2D eigenvalue weighted by atomic mass is 10.6. The number of carbonyl (C=O) groups excluding carboxylic acids is 1. The second-order valence-corrected chi connectivity index (χ2v) is 1.50. The summed E-state index contributed by atoms with van der Waals surface area (Å²) in [7, 11) is 0. The molecule has 0 aliphatic rings. The van der Waals surface area contributed by atoms with Gasteiger partial charge in [0.15, 0.2) is 0 Å². The highest BCUT2D eigenvalue weighted by Gasteiger charge is 1.88. The molecule has 0 aromatic carbocycles. The Bertz CT molecular complexity index is 101. The number of allylic oxidation sites excluding steroid dienone is 1. The fraction of sp³-hybridized carbons (Fsp3) is 0.400. The molecule has 0 fully saturated rings. The molecule has 0 unspecified atom stereocenters. The van der Waals surface area contributed by atoms with Gasteiger partial charge in [0.1, 0.15) is 0 Å². The van der Waals surface area contributed by atoms with Gasteiger partial charge in [0.05, 0.1) is 5.75 Å². The molecule has 1 amide bonds. The maximum absolute atomic E-state index is 10.3. The van der Waals surface area contributed by atoms with E-state index < -0.39 is 0 Å². The summed E-state index contributed by atoms with van der Waals surface area (Å²) < 4.78 is 0. The van der Waals surface area contributed by atoms with Crippen LogP contribution in [0.1, 0.15) is 6.92 Å². The van der Waals surface area contributed by atoms with Crippen molar-refractivity contribution in [1.82, 2.24) is 5.32 Å². The summed E-state index contributed by atoms with van der Waals surface area (Å²) in [5, 5.41) is 2.46. The number of amides is 1. The number of hydrogen-bond acceptors (Lipinski definition) is 1. The molecular formula is C5H8NOS. The molecule has 0 rings (SSSR count). The zero-order valence-corrected chi connectivity index (χ0v) is 5.49. The molecule has 0 aromatic rings. The Hall–Kier alpha value is -0.440. The minimum Gasteiger partial charge on any atom is -0.332 e. The van der Waals surface area contributed by atoms with E-state index >= 15 is 0 Å². The van der Waals surface area contributed by atoms with E-state index in [2.05, 4.69) is 17.9 Å². The van der Waals surface area contributed by atoms with Crippen LogP contribution in [0.3, 0.4) is 0 Å². The van der Waals surface area contributed by atoms with Crippen LogP contribution >= 0.6 is 12.6 Å². The molecule has 1 N–H and O–H groups in total. The summed E-state index contributed by atoms with van der Waals surface area (Å²) in [6.45, 7) is 1.82. The number of rotatable bonds is 2. The SMILES string of the molecule is C/C=C\NC(=O)C[S]. The Morgan fingerprint density at radius 3 is 2.88 bits per heavy atom. The molecule has 3 heteroatoms. The zero-order chi connectivity index (χ0) is 6.41. The van der Waals surface area contributed by atoms with Gasteiger partial charge in [-0.1, -0.05) is 18.7 Å². The molecule has 8 heavy (non-hydrogen) atoms. The summed E-state index contributed by atoms with van der Waals surface area (Å²) in [4.78, 5) is 10.3. The molecule has 0 aliphatic heterocycles. The lowest BCUT2D eigenvalue weighted by Gasteiger charge is -1.89. The van der Waals surface area contributed by atoms with Gasteiger partial charge in [0, 0.05) is 0 Å². The van der Waals surface area contributed by atoms with Crippen LogP contribution in [0, 0.1) is 0 Å². The lowest BCUT2D eigenvalue weighted by Crippen LogP contribution is -2.17. The highest BCUT2D eigenvalue weighted by molar-refractivity contribution is 7.81. The van der Waals surface area contributed by atoms with Crippen molar-refractivity contribution in [1.29, 1.82) is 0 Å². The van der Waals surface area contributed by atoms with Crippen LogP contribution in [0.5, 0.6) is 0 Å². The van der Waals surface area contributed by atoms with E-state index in [1.807, 2.05) is 6.92 Å². The first-order valence-electron chi connectivity index (χ1n) is 2.30. The first kappa shape index (κ1) is 7.56. The van der Waals surface area contributed by atoms with E-state index in [0.717, 1.165) is 0 Å². The van der Waals surface area contributed by atoms with Crippen LogP contribution in [-0.4, -0.2) is 11.7 Å². The highest BCUT2D eigenvalue weighted by Crippen LogP contribution is 1.72. The van der Waals surface area contributed by atoms with Gasteiger partial charge in [0.25, 0.3) is 0 Å². The molecule has 0 bridgehead atoms. The monoisotopic (exact) mass is 130 g/mol. The van der Waals surface area contributed by atoms with Gasteiger partial charge in [-0.2, -0.15) is 0 Å². The Morgan fingerprint density at radius 1 is 1.88 bits per heavy atom. The van der Waals surface area contributed by atoms with Crippen LogP contribution < -0.4 is 5.32 Å². The maximum Gasteiger partial charge on any atom is 0.234 e. The summed E-state index contributed by atoms with van der Waals surface area (Å²) in [6.07, 6.45) is 3.30. The smallest absolute Gasteiger partial charge is 0.234 e. The van der Waals surface area contributed by atoms with Gasteiger partial charge in [-0.25, -0.2) is 0 Å². The summed E-state index contributed by atoms with van der Waals surface area (Å²) in [5.41, 5.74) is 0. The lowest BCUT2D eigenvalue weighted by molar-refractivity contribution is -0.117. The average molecular weight is 130 g/mol. The van der Waals surface area contributed by atoms with Crippen LogP contribution in [0.25, 0.3) is 0 Å². The number of carbonyl (C=O) groups is 1. The molecule has 45 valence electrons. The van der Waals surface area contributed by atoms with E-state index in [9.17, 15) is 4.79 Å².